The van der Waals surface area contributed by atoms with E-state index in [0.717, 1.165) is 19.3 Å². The van der Waals surface area contributed by atoms with E-state index < -0.39 is 23.5 Å². The number of para-hydroxylation sites is 1. The first-order valence-electron chi connectivity index (χ1n) is 13.1. The van der Waals surface area contributed by atoms with Crippen molar-refractivity contribution < 1.29 is 33.0 Å². The maximum absolute atomic E-state index is 13.8. The Kier molecular flexibility index (Phi) is 7.72. The van der Waals surface area contributed by atoms with Gasteiger partial charge in [-0.2, -0.15) is 0 Å². The van der Waals surface area contributed by atoms with Gasteiger partial charge in [0.25, 0.3) is 5.91 Å². The van der Waals surface area contributed by atoms with Crippen molar-refractivity contribution in [3.8, 4) is 11.5 Å². The van der Waals surface area contributed by atoms with Gasteiger partial charge < -0.3 is 28.3 Å². The van der Waals surface area contributed by atoms with Gasteiger partial charge >= 0.3 is 0 Å². The summed E-state index contributed by atoms with van der Waals surface area (Å²) in [6, 6.07) is 16.8. The molecule has 4 aromatic rings. The first kappa shape index (κ1) is 26.2. The Balaban J connectivity index is 1.47. The van der Waals surface area contributed by atoms with Crippen LogP contribution in [-0.4, -0.2) is 35.4 Å². The van der Waals surface area contributed by atoms with Crippen LogP contribution in [0.4, 0.5) is 0 Å². The minimum atomic E-state index is -0.858. The highest BCUT2D eigenvalue weighted by Crippen LogP contribution is 2.41. The third-order valence-electron chi connectivity index (χ3n) is 6.87. The van der Waals surface area contributed by atoms with E-state index in [1.807, 2.05) is 24.3 Å². The number of nitrogens with zero attached hydrogens (tertiary/aromatic N) is 1. The van der Waals surface area contributed by atoms with Crippen LogP contribution in [0.3, 0.4) is 0 Å². The van der Waals surface area contributed by atoms with E-state index in [2.05, 4.69) is 6.92 Å². The predicted octanol–water partition coefficient (Wildman–Crippen LogP) is 6.77. The molecule has 0 radical (unpaired) electrons. The number of benzene rings is 2. The molecule has 2 aromatic heterocycles. The molecule has 1 atom stereocenters. The van der Waals surface area contributed by atoms with Gasteiger partial charge in [0.05, 0.1) is 38.1 Å². The number of methoxy groups -OCH3 is 1. The van der Waals surface area contributed by atoms with Crippen molar-refractivity contribution in [3.63, 3.8) is 0 Å². The Morgan fingerprint density at radius 1 is 1.05 bits per heavy atom. The zero-order valence-electron chi connectivity index (χ0n) is 22.0. The van der Waals surface area contributed by atoms with Crippen LogP contribution in [0.5, 0.6) is 11.5 Å². The van der Waals surface area contributed by atoms with Gasteiger partial charge in [0.1, 0.15) is 11.5 Å². The Hall–Kier alpha value is -4.46. The summed E-state index contributed by atoms with van der Waals surface area (Å²) in [6.45, 7) is 2.85. The SMILES string of the molecule is CCCCCCOc1ccc(C2C(C(=O)c3cc4cccc(OC)c4o3)=C(O)C(=O)N2Cc2ccco2)cc1. The van der Waals surface area contributed by atoms with Crippen LogP contribution in [0, 0.1) is 0 Å². The van der Waals surface area contributed by atoms with E-state index in [9.17, 15) is 14.7 Å². The average molecular weight is 530 g/mol. The number of ketones is 1. The lowest BCUT2D eigenvalue weighted by molar-refractivity contribution is -0.130. The molecule has 0 saturated carbocycles. The van der Waals surface area contributed by atoms with Gasteiger partial charge in [-0.15, -0.1) is 0 Å². The number of rotatable bonds is 12. The summed E-state index contributed by atoms with van der Waals surface area (Å²) in [5.41, 5.74) is 1.00. The van der Waals surface area contributed by atoms with E-state index in [1.165, 1.54) is 24.7 Å². The average Bonchev–Trinajstić information content (AvgIpc) is 3.69. The smallest absolute Gasteiger partial charge is 0.290 e. The Bertz CT molecular complexity index is 1480. The number of carbonyl (C=O) groups is 2. The summed E-state index contributed by atoms with van der Waals surface area (Å²) in [7, 11) is 1.52. The Morgan fingerprint density at radius 3 is 2.59 bits per heavy atom. The number of hydrogen-bond acceptors (Lipinski definition) is 7. The molecule has 0 aliphatic carbocycles. The highest BCUT2D eigenvalue weighted by atomic mass is 16.5. The van der Waals surface area contributed by atoms with Gasteiger partial charge in [0.2, 0.25) is 5.78 Å². The quantitative estimate of drug-likeness (QED) is 0.160. The van der Waals surface area contributed by atoms with E-state index in [1.54, 1.807) is 36.4 Å². The highest BCUT2D eigenvalue weighted by Gasteiger charge is 2.45. The number of aliphatic hydroxyl groups excluding tert-OH is 1. The van der Waals surface area contributed by atoms with E-state index in [-0.39, 0.29) is 17.9 Å². The highest BCUT2D eigenvalue weighted by molar-refractivity contribution is 6.16. The summed E-state index contributed by atoms with van der Waals surface area (Å²) in [5.74, 6) is -0.153. The largest absolute Gasteiger partial charge is 0.503 e. The van der Waals surface area contributed by atoms with Crippen LogP contribution in [0.15, 0.2) is 87.1 Å². The van der Waals surface area contributed by atoms with Gasteiger partial charge in [-0.3, -0.25) is 9.59 Å². The second kappa shape index (κ2) is 11.5. The molecule has 0 fully saturated rings. The third kappa shape index (κ3) is 5.27. The summed E-state index contributed by atoms with van der Waals surface area (Å²) in [6.07, 6.45) is 5.93. The van der Waals surface area contributed by atoms with Gasteiger partial charge in [-0.1, -0.05) is 50.5 Å². The van der Waals surface area contributed by atoms with Crippen molar-refractivity contribution in [3.05, 3.63) is 95.3 Å². The first-order chi connectivity index (χ1) is 19.0. The minimum absolute atomic E-state index is 0.000677. The topological polar surface area (TPSA) is 102 Å². The van der Waals surface area contributed by atoms with Crippen molar-refractivity contribution in [2.45, 2.75) is 45.2 Å². The van der Waals surface area contributed by atoms with E-state index in [0.29, 0.717) is 40.4 Å². The van der Waals surface area contributed by atoms with E-state index >= 15 is 0 Å². The van der Waals surface area contributed by atoms with E-state index in [4.69, 9.17) is 18.3 Å². The molecule has 0 saturated heterocycles. The molecule has 2 aromatic carbocycles. The monoisotopic (exact) mass is 529 g/mol. The van der Waals surface area contributed by atoms with Crippen LogP contribution in [0.2, 0.25) is 0 Å². The van der Waals surface area contributed by atoms with Crippen LogP contribution in [-0.2, 0) is 11.3 Å². The lowest BCUT2D eigenvalue weighted by atomic mass is 9.95. The molecular weight excluding hydrogens is 498 g/mol. The molecular formula is C31H31NO7. The van der Waals surface area contributed by atoms with Crippen molar-refractivity contribution >= 4 is 22.7 Å². The van der Waals surface area contributed by atoms with Crippen molar-refractivity contribution in [1.29, 1.82) is 0 Å². The molecule has 1 N–H and O–H groups in total. The minimum Gasteiger partial charge on any atom is -0.503 e. The number of ether oxygens (including phenoxy) is 2. The molecule has 202 valence electrons. The molecule has 1 aliphatic heterocycles. The molecule has 1 unspecified atom stereocenters. The Labute approximate surface area is 226 Å². The lowest BCUT2D eigenvalue weighted by Crippen LogP contribution is -2.30. The fourth-order valence-corrected chi connectivity index (χ4v) is 4.87. The van der Waals surface area contributed by atoms with Crippen molar-refractivity contribution in [2.75, 3.05) is 13.7 Å². The number of carbonyl (C=O) groups excluding carboxylic acids is 2. The second-order valence-electron chi connectivity index (χ2n) is 9.47. The molecule has 3 heterocycles. The van der Waals surface area contributed by atoms with Gasteiger partial charge in [-0.05, 0) is 48.4 Å². The number of Topliss-reactive ketones (excluding diaryl/α,β-unsaturated/α-hetero) is 1. The predicted molar refractivity (Wildman–Crippen MR) is 145 cm³/mol. The molecule has 5 rings (SSSR count). The maximum atomic E-state index is 13.8. The molecule has 0 spiro atoms. The third-order valence-corrected chi connectivity index (χ3v) is 6.87. The number of unbranched alkanes of at least 4 members (excludes halogenated alkanes) is 3. The Morgan fingerprint density at radius 2 is 1.87 bits per heavy atom. The zero-order valence-corrected chi connectivity index (χ0v) is 22.0. The summed E-state index contributed by atoms with van der Waals surface area (Å²) < 4.78 is 22.6. The first-order valence-corrected chi connectivity index (χ1v) is 13.1. The zero-order chi connectivity index (χ0) is 27.4. The molecule has 1 amide bonds. The van der Waals surface area contributed by atoms with Gasteiger partial charge in [-0.25, -0.2) is 0 Å². The van der Waals surface area contributed by atoms with Crippen LogP contribution in [0.25, 0.3) is 11.0 Å². The van der Waals surface area contributed by atoms with Crippen molar-refractivity contribution in [1.82, 2.24) is 4.90 Å². The fourth-order valence-electron chi connectivity index (χ4n) is 4.87. The number of amides is 1. The normalized spacial score (nSPS) is 15.4. The van der Waals surface area contributed by atoms with Gasteiger partial charge in [0.15, 0.2) is 22.9 Å². The molecule has 8 nitrogen and oxygen atoms in total. The molecule has 0 bridgehead atoms. The number of furan rings is 2. The van der Waals surface area contributed by atoms with Crippen LogP contribution in [0.1, 0.15) is 60.5 Å². The molecule has 39 heavy (non-hydrogen) atoms. The number of fused-ring (bicyclic) bond motifs is 1. The van der Waals surface area contributed by atoms with Gasteiger partial charge in [0, 0.05) is 5.39 Å². The summed E-state index contributed by atoms with van der Waals surface area (Å²) >= 11 is 0. The lowest BCUT2D eigenvalue weighted by Gasteiger charge is -2.26. The molecule has 1 aliphatic rings. The van der Waals surface area contributed by atoms with Crippen LogP contribution >= 0.6 is 0 Å². The number of hydrogen-bond donors (Lipinski definition) is 1. The summed E-state index contributed by atoms with van der Waals surface area (Å²) in [4.78, 5) is 28.5. The standard InChI is InChI=1S/C31H31NO7/c1-3-4-5-6-16-37-22-14-12-20(13-15-22)27-26(29(34)31(35)32(27)19-23-10-8-17-38-23)28(33)25-18-21-9-7-11-24(36-2)30(21)39-25/h7-15,17-18,27,34H,3-6,16,19H2,1-2H3. The van der Waals surface area contributed by atoms with Crippen molar-refractivity contribution in [2.24, 2.45) is 0 Å². The maximum Gasteiger partial charge on any atom is 0.290 e. The molecule has 8 heteroatoms. The number of aliphatic hydroxyl groups is 1. The summed E-state index contributed by atoms with van der Waals surface area (Å²) in [5, 5.41) is 11.7. The second-order valence-corrected chi connectivity index (χ2v) is 9.47. The van der Waals surface area contributed by atoms with Crippen LogP contribution < -0.4 is 9.47 Å². The fraction of sp³-hybridized carbons (Fsp3) is 0.290.